The number of oxime groups is 1. The van der Waals surface area contributed by atoms with Crippen LogP contribution in [0, 0.1) is 11.7 Å². The van der Waals surface area contributed by atoms with Crippen molar-refractivity contribution in [2.24, 2.45) is 16.8 Å². The summed E-state index contributed by atoms with van der Waals surface area (Å²) < 4.78 is 13.5. The smallest absolute Gasteiger partial charge is 0.320 e. The van der Waals surface area contributed by atoms with Gasteiger partial charge in [0.15, 0.2) is 5.84 Å². The second-order valence-electron chi connectivity index (χ2n) is 5.23. The first-order chi connectivity index (χ1) is 9.83. The lowest BCUT2D eigenvalue weighted by atomic mass is 10.0. The predicted molar refractivity (Wildman–Crippen MR) is 76.6 cm³/mol. The molecular weight excluding hydrogens is 277 g/mol. The number of carbonyl (C=O) groups is 1. The van der Waals surface area contributed by atoms with Crippen molar-refractivity contribution >= 4 is 11.8 Å². The fourth-order valence-corrected chi connectivity index (χ4v) is 1.94. The largest absolute Gasteiger partial charge is 0.480 e. The molecule has 0 fully saturated rings. The van der Waals surface area contributed by atoms with E-state index in [-0.39, 0.29) is 23.9 Å². The number of halogens is 1. The van der Waals surface area contributed by atoms with Gasteiger partial charge < -0.3 is 21.4 Å². The molecule has 116 valence electrons. The van der Waals surface area contributed by atoms with Crippen molar-refractivity contribution in [1.29, 1.82) is 0 Å². The molecule has 0 saturated carbocycles. The van der Waals surface area contributed by atoms with E-state index in [4.69, 9.17) is 16.0 Å². The van der Waals surface area contributed by atoms with Gasteiger partial charge in [-0.15, -0.1) is 0 Å². The number of hydrogen-bond acceptors (Lipinski definition) is 4. The first kappa shape index (κ1) is 16.9. The van der Waals surface area contributed by atoms with E-state index in [9.17, 15) is 9.18 Å². The van der Waals surface area contributed by atoms with Gasteiger partial charge in [-0.05, 0) is 36.1 Å². The standard InChI is InChI=1S/C14H20FN3O3/c1-8(2)3-12(14(19)20)17-7-9-4-10(13(16)18-21)6-11(15)5-9/h4-6,8,12,17,21H,3,7H2,1-2H3,(H2,16,18)(H,19,20). The molecule has 1 atom stereocenters. The zero-order valence-electron chi connectivity index (χ0n) is 12.0. The quantitative estimate of drug-likeness (QED) is 0.264. The lowest BCUT2D eigenvalue weighted by molar-refractivity contribution is -0.140. The lowest BCUT2D eigenvalue weighted by Gasteiger charge is -2.16. The van der Waals surface area contributed by atoms with Crippen LogP contribution in [-0.2, 0) is 11.3 Å². The zero-order chi connectivity index (χ0) is 16.0. The van der Waals surface area contributed by atoms with Gasteiger partial charge in [-0.3, -0.25) is 4.79 Å². The highest BCUT2D eigenvalue weighted by Crippen LogP contribution is 2.11. The van der Waals surface area contributed by atoms with Gasteiger partial charge in [-0.1, -0.05) is 19.0 Å². The highest BCUT2D eigenvalue weighted by atomic mass is 19.1. The third-order valence-electron chi connectivity index (χ3n) is 2.92. The number of benzene rings is 1. The van der Waals surface area contributed by atoms with Crippen LogP contribution in [0.4, 0.5) is 4.39 Å². The summed E-state index contributed by atoms with van der Waals surface area (Å²) in [6.07, 6.45) is 0.470. The van der Waals surface area contributed by atoms with Gasteiger partial charge >= 0.3 is 5.97 Å². The van der Waals surface area contributed by atoms with Gasteiger partial charge in [0.25, 0.3) is 0 Å². The Morgan fingerprint density at radius 2 is 2.10 bits per heavy atom. The van der Waals surface area contributed by atoms with Gasteiger partial charge in [0.2, 0.25) is 0 Å². The molecule has 1 unspecified atom stereocenters. The number of amidine groups is 1. The first-order valence-corrected chi connectivity index (χ1v) is 6.57. The Balaban J connectivity index is 2.82. The Labute approximate surface area is 122 Å². The predicted octanol–water partition coefficient (Wildman–Crippen LogP) is 1.51. The minimum atomic E-state index is -0.947. The second-order valence-corrected chi connectivity index (χ2v) is 5.23. The molecule has 0 spiro atoms. The topological polar surface area (TPSA) is 108 Å². The average molecular weight is 297 g/mol. The van der Waals surface area contributed by atoms with Crippen LogP contribution >= 0.6 is 0 Å². The molecule has 0 radical (unpaired) electrons. The number of rotatable bonds is 7. The molecule has 1 aromatic rings. The highest BCUT2D eigenvalue weighted by molar-refractivity contribution is 5.97. The van der Waals surface area contributed by atoms with Crippen molar-refractivity contribution < 1.29 is 19.5 Å². The molecule has 6 nitrogen and oxygen atoms in total. The molecule has 0 heterocycles. The van der Waals surface area contributed by atoms with Crippen LogP contribution in [0.2, 0.25) is 0 Å². The maximum atomic E-state index is 13.5. The third-order valence-corrected chi connectivity index (χ3v) is 2.92. The van der Waals surface area contributed by atoms with E-state index in [1.54, 1.807) is 6.07 Å². The van der Waals surface area contributed by atoms with Crippen molar-refractivity contribution in [3.05, 3.63) is 35.1 Å². The van der Waals surface area contributed by atoms with Crippen LogP contribution in [0.3, 0.4) is 0 Å². The Hall–Kier alpha value is -2.15. The van der Waals surface area contributed by atoms with E-state index in [1.807, 2.05) is 13.8 Å². The number of nitrogens with zero attached hydrogens (tertiary/aromatic N) is 1. The molecular formula is C14H20FN3O3. The summed E-state index contributed by atoms with van der Waals surface area (Å²) in [5.41, 5.74) is 6.18. The number of carboxylic acids is 1. The number of aliphatic carboxylic acids is 1. The Bertz CT molecular complexity index is 532. The summed E-state index contributed by atoms with van der Waals surface area (Å²) in [5.74, 6) is -1.46. The Kier molecular flexibility index (Phi) is 6.10. The van der Waals surface area contributed by atoms with E-state index in [2.05, 4.69) is 10.5 Å². The third kappa shape index (κ3) is 5.39. The van der Waals surface area contributed by atoms with Crippen molar-refractivity contribution in [1.82, 2.24) is 5.32 Å². The van der Waals surface area contributed by atoms with Crippen molar-refractivity contribution in [3.63, 3.8) is 0 Å². The molecule has 5 N–H and O–H groups in total. The SMILES string of the molecule is CC(C)CC(NCc1cc(F)cc(C(N)=NO)c1)C(=O)O. The fourth-order valence-electron chi connectivity index (χ4n) is 1.94. The minimum absolute atomic E-state index is 0.174. The van der Waals surface area contributed by atoms with Gasteiger partial charge in [0, 0.05) is 12.1 Å². The van der Waals surface area contributed by atoms with E-state index in [1.165, 1.54) is 6.07 Å². The van der Waals surface area contributed by atoms with Gasteiger partial charge in [0.05, 0.1) is 0 Å². The zero-order valence-corrected chi connectivity index (χ0v) is 12.0. The number of nitrogens with two attached hydrogens (primary N) is 1. The lowest BCUT2D eigenvalue weighted by Crippen LogP contribution is -2.37. The molecule has 7 heteroatoms. The summed E-state index contributed by atoms with van der Waals surface area (Å²) in [7, 11) is 0. The molecule has 0 amide bonds. The summed E-state index contributed by atoms with van der Waals surface area (Å²) in [6, 6.07) is 3.25. The molecule has 0 aromatic heterocycles. The Morgan fingerprint density at radius 3 is 2.62 bits per heavy atom. The molecule has 0 aliphatic carbocycles. The van der Waals surface area contributed by atoms with E-state index >= 15 is 0 Å². The van der Waals surface area contributed by atoms with Gasteiger partial charge in [-0.2, -0.15) is 0 Å². The van der Waals surface area contributed by atoms with E-state index in [0.29, 0.717) is 12.0 Å². The summed E-state index contributed by atoms with van der Waals surface area (Å²) in [6.45, 7) is 4.03. The van der Waals surface area contributed by atoms with Gasteiger partial charge in [0.1, 0.15) is 11.9 Å². The summed E-state index contributed by atoms with van der Waals surface area (Å²) in [5, 5.41) is 23.4. The normalized spacial score (nSPS) is 13.4. The highest BCUT2D eigenvalue weighted by Gasteiger charge is 2.18. The van der Waals surface area contributed by atoms with Crippen LogP contribution in [0.15, 0.2) is 23.4 Å². The number of nitrogens with one attached hydrogen (secondary N) is 1. The van der Waals surface area contributed by atoms with Crippen molar-refractivity contribution in [3.8, 4) is 0 Å². The fraction of sp³-hybridized carbons (Fsp3) is 0.429. The monoisotopic (exact) mass is 297 g/mol. The maximum absolute atomic E-state index is 13.5. The van der Waals surface area contributed by atoms with E-state index in [0.717, 1.165) is 6.07 Å². The number of hydrogen-bond donors (Lipinski definition) is 4. The van der Waals surface area contributed by atoms with Crippen LogP contribution in [0.1, 0.15) is 31.4 Å². The Morgan fingerprint density at radius 1 is 1.43 bits per heavy atom. The molecule has 1 aromatic carbocycles. The summed E-state index contributed by atoms with van der Waals surface area (Å²) in [4.78, 5) is 11.1. The van der Waals surface area contributed by atoms with E-state index < -0.39 is 17.8 Å². The molecule has 1 rings (SSSR count). The van der Waals surface area contributed by atoms with Crippen molar-refractivity contribution in [2.45, 2.75) is 32.9 Å². The van der Waals surface area contributed by atoms with Crippen LogP contribution < -0.4 is 11.1 Å². The average Bonchev–Trinajstić information content (AvgIpc) is 2.41. The molecule has 0 bridgehead atoms. The van der Waals surface area contributed by atoms with Crippen LogP contribution in [-0.4, -0.2) is 28.2 Å². The van der Waals surface area contributed by atoms with Crippen LogP contribution in [0.5, 0.6) is 0 Å². The molecule has 0 aliphatic rings. The van der Waals surface area contributed by atoms with Crippen LogP contribution in [0.25, 0.3) is 0 Å². The van der Waals surface area contributed by atoms with Gasteiger partial charge in [-0.25, -0.2) is 4.39 Å². The molecule has 0 aliphatic heterocycles. The maximum Gasteiger partial charge on any atom is 0.320 e. The summed E-state index contributed by atoms with van der Waals surface area (Å²) >= 11 is 0. The van der Waals surface area contributed by atoms with Crippen molar-refractivity contribution in [2.75, 3.05) is 0 Å². The molecule has 0 saturated heterocycles. The number of carboxylic acid groups (broad SMARTS) is 1. The second kappa shape index (κ2) is 7.58. The minimum Gasteiger partial charge on any atom is -0.480 e. The molecule has 21 heavy (non-hydrogen) atoms. The first-order valence-electron chi connectivity index (χ1n) is 6.57.